The molecule has 7 heteroatoms. The number of carbonyl (C=O) groups excluding carboxylic acids is 1. The van der Waals surface area contributed by atoms with E-state index in [2.05, 4.69) is 5.32 Å². The SMILES string of the molecule is CSCC(=O)Nc1ccccc1SCC(F)(F)F. The van der Waals surface area contributed by atoms with Crippen LogP contribution in [0.1, 0.15) is 0 Å². The number of para-hydroxylation sites is 1. The molecule has 1 N–H and O–H groups in total. The quantitative estimate of drug-likeness (QED) is 0.841. The first-order valence-corrected chi connectivity index (χ1v) is 7.37. The Morgan fingerprint density at radius 3 is 2.61 bits per heavy atom. The molecule has 0 aliphatic carbocycles. The van der Waals surface area contributed by atoms with Crippen LogP contribution in [0.4, 0.5) is 18.9 Å². The van der Waals surface area contributed by atoms with Crippen molar-refractivity contribution in [1.82, 2.24) is 0 Å². The largest absolute Gasteiger partial charge is 0.398 e. The molecule has 0 aliphatic heterocycles. The fourth-order valence-corrected chi connectivity index (χ4v) is 2.28. The van der Waals surface area contributed by atoms with Crippen molar-refractivity contribution >= 4 is 35.1 Å². The first kappa shape index (κ1) is 15.2. The topological polar surface area (TPSA) is 29.1 Å². The van der Waals surface area contributed by atoms with Crippen LogP contribution >= 0.6 is 23.5 Å². The number of rotatable bonds is 5. The second kappa shape index (κ2) is 6.94. The average Bonchev–Trinajstić information content (AvgIpc) is 2.27. The van der Waals surface area contributed by atoms with Crippen molar-refractivity contribution in [2.45, 2.75) is 11.1 Å². The molecule has 1 aromatic carbocycles. The number of halogens is 3. The molecule has 100 valence electrons. The molecule has 1 rings (SSSR count). The second-order valence-electron chi connectivity index (χ2n) is 3.38. The van der Waals surface area contributed by atoms with Gasteiger partial charge in [0.15, 0.2) is 0 Å². The number of nitrogens with one attached hydrogen (secondary N) is 1. The normalized spacial score (nSPS) is 11.3. The predicted octanol–water partition coefficient (Wildman–Crippen LogP) is 3.64. The number of amides is 1. The van der Waals surface area contributed by atoms with E-state index in [9.17, 15) is 18.0 Å². The Bertz CT molecular complexity index is 410. The van der Waals surface area contributed by atoms with E-state index < -0.39 is 11.9 Å². The minimum absolute atomic E-state index is 0.220. The Labute approximate surface area is 112 Å². The van der Waals surface area contributed by atoms with E-state index in [0.717, 1.165) is 0 Å². The van der Waals surface area contributed by atoms with Gasteiger partial charge in [-0.1, -0.05) is 12.1 Å². The lowest BCUT2D eigenvalue weighted by atomic mass is 10.3. The second-order valence-corrected chi connectivity index (χ2v) is 5.26. The van der Waals surface area contributed by atoms with Gasteiger partial charge in [0.1, 0.15) is 0 Å². The van der Waals surface area contributed by atoms with Crippen molar-refractivity contribution in [3.63, 3.8) is 0 Å². The molecule has 0 bridgehead atoms. The molecule has 0 spiro atoms. The number of benzene rings is 1. The maximum absolute atomic E-state index is 12.1. The summed E-state index contributed by atoms with van der Waals surface area (Å²) in [6.07, 6.45) is -2.44. The molecule has 0 heterocycles. The maximum atomic E-state index is 12.1. The summed E-state index contributed by atoms with van der Waals surface area (Å²) < 4.78 is 36.4. The van der Waals surface area contributed by atoms with Crippen LogP contribution in [0.25, 0.3) is 0 Å². The summed E-state index contributed by atoms with van der Waals surface area (Å²) in [7, 11) is 0. The third-order valence-corrected chi connectivity index (χ3v) is 3.52. The van der Waals surface area contributed by atoms with Gasteiger partial charge in [0, 0.05) is 4.90 Å². The van der Waals surface area contributed by atoms with Gasteiger partial charge in [-0.3, -0.25) is 4.79 Å². The lowest BCUT2D eigenvalue weighted by molar-refractivity contribution is -0.113. The standard InChI is InChI=1S/C11H12F3NOS2/c1-17-6-10(16)15-8-4-2-3-5-9(8)18-7-11(12,13)14/h2-5H,6-7H2,1H3,(H,15,16). The van der Waals surface area contributed by atoms with Crippen LogP contribution < -0.4 is 5.32 Å². The van der Waals surface area contributed by atoms with E-state index in [-0.39, 0.29) is 11.7 Å². The zero-order chi connectivity index (χ0) is 13.6. The van der Waals surface area contributed by atoms with E-state index in [1.54, 1.807) is 30.5 Å². The highest BCUT2D eigenvalue weighted by atomic mass is 32.2. The molecule has 0 aromatic heterocycles. The fraction of sp³-hybridized carbons (Fsp3) is 0.364. The van der Waals surface area contributed by atoms with Gasteiger partial charge < -0.3 is 5.32 Å². The lowest BCUT2D eigenvalue weighted by Gasteiger charge is -2.11. The molecule has 0 atom stereocenters. The van der Waals surface area contributed by atoms with Gasteiger partial charge >= 0.3 is 6.18 Å². The number of carbonyl (C=O) groups is 1. The summed E-state index contributed by atoms with van der Waals surface area (Å²) in [6.45, 7) is 0. The highest BCUT2D eigenvalue weighted by Gasteiger charge is 2.27. The van der Waals surface area contributed by atoms with Crippen molar-refractivity contribution in [2.24, 2.45) is 0 Å². The summed E-state index contributed by atoms with van der Waals surface area (Å²) in [6, 6.07) is 6.47. The molecule has 0 aliphatic rings. The number of thioether (sulfide) groups is 2. The van der Waals surface area contributed by atoms with Crippen molar-refractivity contribution in [3.8, 4) is 0 Å². The number of alkyl halides is 3. The van der Waals surface area contributed by atoms with E-state index >= 15 is 0 Å². The van der Waals surface area contributed by atoms with Gasteiger partial charge in [-0.25, -0.2) is 0 Å². The predicted molar refractivity (Wildman–Crippen MR) is 70.2 cm³/mol. The molecule has 1 amide bonds. The van der Waals surface area contributed by atoms with E-state index in [1.807, 2.05) is 0 Å². The van der Waals surface area contributed by atoms with Crippen LogP contribution in [0.3, 0.4) is 0 Å². The Morgan fingerprint density at radius 1 is 1.33 bits per heavy atom. The molecule has 0 saturated heterocycles. The summed E-state index contributed by atoms with van der Waals surface area (Å²) in [5.74, 6) is -0.914. The molecule has 0 radical (unpaired) electrons. The zero-order valence-electron chi connectivity index (χ0n) is 9.58. The van der Waals surface area contributed by atoms with Crippen molar-refractivity contribution in [3.05, 3.63) is 24.3 Å². The van der Waals surface area contributed by atoms with Crippen LogP contribution in [-0.4, -0.2) is 29.8 Å². The molecule has 18 heavy (non-hydrogen) atoms. The molecular weight excluding hydrogens is 283 g/mol. The third-order valence-electron chi connectivity index (χ3n) is 1.83. The van der Waals surface area contributed by atoms with Crippen LogP contribution in [0.15, 0.2) is 29.2 Å². The maximum Gasteiger partial charge on any atom is 0.398 e. The first-order chi connectivity index (χ1) is 8.42. The Hall–Kier alpha value is -0.820. The summed E-state index contributed by atoms with van der Waals surface area (Å²) in [4.78, 5) is 11.8. The van der Waals surface area contributed by atoms with Crippen molar-refractivity contribution in [1.29, 1.82) is 0 Å². The minimum Gasteiger partial charge on any atom is -0.324 e. The van der Waals surface area contributed by atoms with Crippen LogP contribution in [-0.2, 0) is 4.79 Å². The summed E-state index contributed by atoms with van der Waals surface area (Å²) >= 11 is 2.02. The van der Waals surface area contributed by atoms with Gasteiger partial charge in [-0.2, -0.15) is 24.9 Å². The Morgan fingerprint density at radius 2 is 2.00 bits per heavy atom. The summed E-state index contributed by atoms with van der Waals surface area (Å²) in [5.41, 5.74) is 0.422. The highest BCUT2D eigenvalue weighted by Crippen LogP contribution is 2.32. The monoisotopic (exact) mass is 295 g/mol. The molecule has 2 nitrogen and oxygen atoms in total. The Balaban J connectivity index is 2.70. The van der Waals surface area contributed by atoms with Gasteiger partial charge in [0.25, 0.3) is 0 Å². The van der Waals surface area contributed by atoms with Crippen LogP contribution in [0.2, 0.25) is 0 Å². The minimum atomic E-state index is -4.22. The molecule has 0 fully saturated rings. The van der Waals surface area contributed by atoms with Crippen molar-refractivity contribution < 1.29 is 18.0 Å². The first-order valence-electron chi connectivity index (χ1n) is 5.00. The van der Waals surface area contributed by atoms with E-state index in [1.165, 1.54) is 11.8 Å². The smallest absolute Gasteiger partial charge is 0.324 e. The third kappa shape index (κ3) is 5.68. The fourth-order valence-electron chi connectivity index (χ4n) is 1.17. The Kier molecular flexibility index (Phi) is 5.87. The van der Waals surface area contributed by atoms with Gasteiger partial charge in [-0.05, 0) is 18.4 Å². The molecule has 0 saturated carbocycles. The number of anilines is 1. The molecular formula is C11H12F3NOS2. The summed E-state index contributed by atoms with van der Waals surface area (Å²) in [5, 5.41) is 2.60. The van der Waals surface area contributed by atoms with Crippen molar-refractivity contribution in [2.75, 3.05) is 23.1 Å². The molecule has 1 aromatic rings. The van der Waals surface area contributed by atoms with E-state index in [4.69, 9.17) is 0 Å². The van der Waals surface area contributed by atoms with E-state index in [0.29, 0.717) is 22.3 Å². The van der Waals surface area contributed by atoms with Gasteiger partial charge in [-0.15, -0.1) is 11.8 Å². The van der Waals surface area contributed by atoms with Crippen LogP contribution in [0, 0.1) is 0 Å². The highest BCUT2D eigenvalue weighted by molar-refractivity contribution is 7.99. The van der Waals surface area contributed by atoms with Gasteiger partial charge in [0.05, 0.1) is 17.2 Å². The number of hydrogen-bond donors (Lipinski definition) is 1. The van der Waals surface area contributed by atoms with Gasteiger partial charge in [0.2, 0.25) is 5.91 Å². The number of hydrogen-bond acceptors (Lipinski definition) is 3. The molecule has 0 unspecified atom stereocenters. The van der Waals surface area contributed by atoms with Crippen LogP contribution in [0.5, 0.6) is 0 Å². The average molecular weight is 295 g/mol. The lowest BCUT2D eigenvalue weighted by Crippen LogP contribution is -2.15. The zero-order valence-corrected chi connectivity index (χ0v) is 11.2.